The molecule has 5 rings (SSSR count). The third kappa shape index (κ3) is 5.05. The van der Waals surface area contributed by atoms with Gasteiger partial charge in [0.05, 0.1) is 18.6 Å². The maximum atomic E-state index is 13.0. The summed E-state index contributed by atoms with van der Waals surface area (Å²) in [5, 5.41) is 0. The Hall–Kier alpha value is -2.95. The van der Waals surface area contributed by atoms with E-state index < -0.39 is 10.0 Å². The average Bonchev–Trinajstić information content (AvgIpc) is 3.30. The van der Waals surface area contributed by atoms with Gasteiger partial charge in [-0.1, -0.05) is 0 Å². The van der Waals surface area contributed by atoms with Gasteiger partial charge in [-0.2, -0.15) is 4.31 Å². The lowest BCUT2D eigenvalue weighted by molar-refractivity contribution is 0.0724. The predicted octanol–water partition coefficient (Wildman–Crippen LogP) is 2.97. The molecule has 1 amide bonds. The maximum Gasteiger partial charge on any atom is 0.253 e. The average molecular weight is 499 g/mol. The van der Waals surface area contributed by atoms with Crippen molar-refractivity contribution in [3.05, 3.63) is 53.9 Å². The number of carbonyl (C=O) groups is 1. The van der Waals surface area contributed by atoms with Crippen molar-refractivity contribution < 1.29 is 22.4 Å². The Labute approximate surface area is 205 Å². The van der Waals surface area contributed by atoms with E-state index in [1.165, 1.54) is 10.7 Å². The first-order valence-corrected chi connectivity index (χ1v) is 13.4. The molecule has 3 aromatic rings. The highest BCUT2D eigenvalue weighted by atomic mass is 32.2. The summed E-state index contributed by atoms with van der Waals surface area (Å²) < 4.78 is 38.5. The molecule has 1 aromatic heterocycles. The highest BCUT2D eigenvalue weighted by Gasteiger charge is 2.29. The number of piperidine rings is 1. The lowest BCUT2D eigenvalue weighted by atomic mass is 10.1. The summed E-state index contributed by atoms with van der Waals surface area (Å²) in [6.45, 7) is 4.04. The first-order valence-electron chi connectivity index (χ1n) is 12.0. The van der Waals surface area contributed by atoms with E-state index in [1.807, 2.05) is 11.0 Å². The fraction of sp³-hybridized carbons (Fsp3) is 0.440. The van der Waals surface area contributed by atoms with Gasteiger partial charge >= 0.3 is 0 Å². The van der Waals surface area contributed by atoms with Crippen molar-refractivity contribution in [1.82, 2.24) is 19.1 Å². The quantitative estimate of drug-likeness (QED) is 0.516. The third-order valence-corrected chi connectivity index (χ3v) is 8.62. The van der Waals surface area contributed by atoms with E-state index in [4.69, 9.17) is 9.15 Å². The second kappa shape index (κ2) is 9.96. The van der Waals surface area contributed by atoms with E-state index in [-0.39, 0.29) is 10.8 Å². The number of methoxy groups -OCH3 is 1. The minimum atomic E-state index is -3.55. The van der Waals surface area contributed by atoms with Crippen LogP contribution < -0.4 is 4.74 Å². The van der Waals surface area contributed by atoms with Crippen LogP contribution >= 0.6 is 0 Å². The highest BCUT2D eigenvalue weighted by Crippen LogP contribution is 2.23. The number of ether oxygens (including phenoxy) is 1. The van der Waals surface area contributed by atoms with Gasteiger partial charge in [0.25, 0.3) is 5.91 Å². The van der Waals surface area contributed by atoms with Crippen LogP contribution in [0.1, 0.15) is 35.5 Å². The Kier molecular flexibility index (Phi) is 6.77. The van der Waals surface area contributed by atoms with E-state index in [0.29, 0.717) is 61.0 Å². The van der Waals surface area contributed by atoms with E-state index in [9.17, 15) is 13.2 Å². The topological polar surface area (TPSA) is 96.2 Å². The number of hydrogen-bond acceptors (Lipinski definition) is 7. The van der Waals surface area contributed by atoms with Gasteiger partial charge in [0.2, 0.25) is 15.9 Å². The smallest absolute Gasteiger partial charge is 0.253 e. The predicted molar refractivity (Wildman–Crippen MR) is 131 cm³/mol. The van der Waals surface area contributed by atoms with Crippen LogP contribution in [0.4, 0.5) is 0 Å². The van der Waals surface area contributed by atoms with Crippen molar-refractivity contribution in [3.63, 3.8) is 0 Å². The number of carbonyl (C=O) groups excluding carboxylic acids is 1. The zero-order valence-electron chi connectivity index (χ0n) is 19.9. The second-order valence-electron chi connectivity index (χ2n) is 9.00. The Balaban J connectivity index is 1.21. The maximum absolute atomic E-state index is 13.0. The minimum Gasteiger partial charge on any atom is -0.497 e. The molecule has 10 heteroatoms. The molecule has 0 aliphatic carbocycles. The second-order valence-corrected chi connectivity index (χ2v) is 10.9. The number of piperazine rings is 1. The number of fused-ring (bicyclic) bond motifs is 1. The van der Waals surface area contributed by atoms with Crippen molar-refractivity contribution in [2.75, 3.05) is 46.4 Å². The van der Waals surface area contributed by atoms with Gasteiger partial charge in [0.1, 0.15) is 11.3 Å². The zero-order chi connectivity index (χ0) is 24.4. The van der Waals surface area contributed by atoms with Gasteiger partial charge in [0.15, 0.2) is 5.58 Å². The number of sulfonamides is 1. The molecule has 2 saturated heterocycles. The van der Waals surface area contributed by atoms with Crippen molar-refractivity contribution in [1.29, 1.82) is 0 Å². The molecule has 0 radical (unpaired) electrons. The van der Waals surface area contributed by atoms with Gasteiger partial charge in [-0.25, -0.2) is 13.4 Å². The summed E-state index contributed by atoms with van der Waals surface area (Å²) in [6.07, 6.45) is 3.28. The molecule has 0 spiro atoms. The van der Waals surface area contributed by atoms with Gasteiger partial charge < -0.3 is 14.1 Å². The first-order chi connectivity index (χ1) is 16.9. The van der Waals surface area contributed by atoms with Crippen LogP contribution in [-0.2, 0) is 16.6 Å². The van der Waals surface area contributed by atoms with Crippen molar-refractivity contribution in [3.8, 4) is 5.75 Å². The Morgan fingerprint density at radius 2 is 1.69 bits per heavy atom. The molecule has 3 heterocycles. The van der Waals surface area contributed by atoms with Crippen LogP contribution in [0, 0.1) is 0 Å². The summed E-state index contributed by atoms with van der Waals surface area (Å²) in [7, 11) is -2.00. The molecule has 0 bridgehead atoms. The summed E-state index contributed by atoms with van der Waals surface area (Å²) in [5.74, 6) is 1.23. The van der Waals surface area contributed by atoms with Gasteiger partial charge in [-0.05, 0) is 61.7 Å². The number of amides is 1. The molecule has 2 aromatic carbocycles. The lowest BCUT2D eigenvalue weighted by Gasteiger charge is -2.33. The first kappa shape index (κ1) is 23.8. The van der Waals surface area contributed by atoms with Crippen LogP contribution in [0.3, 0.4) is 0 Å². The molecule has 2 aliphatic rings. The molecule has 186 valence electrons. The SMILES string of the molecule is COc1ccc(S(=O)(=O)N2CCN(Cc3nc4cc(C(=O)N5CCCCC5)ccc4o3)CC2)cc1. The Morgan fingerprint density at radius 1 is 0.971 bits per heavy atom. The molecule has 0 unspecified atom stereocenters. The fourth-order valence-electron chi connectivity index (χ4n) is 4.67. The number of oxazole rings is 1. The molecule has 0 atom stereocenters. The van der Waals surface area contributed by atoms with Crippen LogP contribution in [0.2, 0.25) is 0 Å². The molecule has 2 aliphatic heterocycles. The van der Waals surface area contributed by atoms with E-state index >= 15 is 0 Å². The van der Waals surface area contributed by atoms with E-state index in [2.05, 4.69) is 9.88 Å². The summed E-state index contributed by atoms with van der Waals surface area (Å²) in [4.78, 5) is 21.7. The Bertz CT molecular complexity index is 1290. The van der Waals surface area contributed by atoms with Crippen LogP contribution in [0.5, 0.6) is 5.75 Å². The Morgan fingerprint density at radius 3 is 2.37 bits per heavy atom. The van der Waals surface area contributed by atoms with Crippen molar-refractivity contribution in [2.24, 2.45) is 0 Å². The van der Waals surface area contributed by atoms with Crippen LogP contribution in [0.15, 0.2) is 51.8 Å². The number of aromatic nitrogens is 1. The zero-order valence-corrected chi connectivity index (χ0v) is 20.7. The van der Waals surface area contributed by atoms with Gasteiger partial charge in [-0.15, -0.1) is 0 Å². The van der Waals surface area contributed by atoms with Gasteiger partial charge in [0, 0.05) is 44.8 Å². The number of rotatable bonds is 6. The molecule has 35 heavy (non-hydrogen) atoms. The number of likely N-dealkylation sites (tertiary alicyclic amines) is 1. The summed E-state index contributed by atoms with van der Waals surface area (Å²) >= 11 is 0. The molecular formula is C25H30N4O5S. The molecular weight excluding hydrogens is 468 g/mol. The highest BCUT2D eigenvalue weighted by molar-refractivity contribution is 7.89. The normalized spacial score (nSPS) is 18.1. The number of hydrogen-bond donors (Lipinski definition) is 0. The summed E-state index contributed by atoms with van der Waals surface area (Å²) in [5.41, 5.74) is 1.95. The van der Waals surface area contributed by atoms with Crippen LogP contribution in [0.25, 0.3) is 11.1 Å². The molecule has 0 N–H and O–H groups in total. The van der Waals surface area contributed by atoms with Gasteiger partial charge in [-0.3, -0.25) is 9.69 Å². The lowest BCUT2D eigenvalue weighted by Crippen LogP contribution is -2.48. The van der Waals surface area contributed by atoms with Crippen LogP contribution in [-0.4, -0.2) is 79.8 Å². The largest absolute Gasteiger partial charge is 0.497 e. The fourth-order valence-corrected chi connectivity index (χ4v) is 6.09. The number of benzene rings is 2. The van der Waals surface area contributed by atoms with Crippen molar-refractivity contribution >= 4 is 27.0 Å². The third-order valence-electron chi connectivity index (χ3n) is 6.71. The molecule has 2 fully saturated rings. The van der Waals surface area contributed by atoms with Crippen molar-refractivity contribution in [2.45, 2.75) is 30.7 Å². The van der Waals surface area contributed by atoms with E-state index in [0.717, 1.165) is 25.9 Å². The monoisotopic (exact) mass is 498 g/mol. The van der Waals surface area contributed by atoms with E-state index in [1.54, 1.807) is 43.5 Å². The molecule has 9 nitrogen and oxygen atoms in total. The minimum absolute atomic E-state index is 0.0466. The number of nitrogens with zero attached hydrogens (tertiary/aromatic N) is 4. The standard InChI is InChI=1S/C25H30N4O5S/c1-33-20-6-8-21(9-7-20)35(31,32)29-15-13-27(14-16-29)18-24-26-22-17-19(5-10-23(22)34-24)25(30)28-11-3-2-4-12-28/h5-10,17H,2-4,11-16,18H2,1H3. The molecule has 0 saturated carbocycles. The summed E-state index contributed by atoms with van der Waals surface area (Å²) in [6, 6.07) is 11.9.